The maximum Gasteiger partial charge on any atom is 0.221 e. The van der Waals surface area contributed by atoms with E-state index in [1.165, 1.54) is 19.1 Å². The number of anilines is 1. The fourth-order valence-corrected chi connectivity index (χ4v) is 1.41. The molecule has 0 aliphatic heterocycles. The summed E-state index contributed by atoms with van der Waals surface area (Å²) in [6.45, 7) is 1.36. The van der Waals surface area contributed by atoms with Crippen molar-refractivity contribution in [3.05, 3.63) is 27.3 Å². The molecule has 0 atom stereocenters. The molecule has 0 radical (unpaired) electrons. The highest BCUT2D eigenvalue weighted by molar-refractivity contribution is 14.1. The molecule has 5 heteroatoms. The summed E-state index contributed by atoms with van der Waals surface area (Å²) in [6, 6.07) is 4.41. The van der Waals surface area contributed by atoms with Crippen molar-refractivity contribution in [2.24, 2.45) is 0 Å². The zero-order valence-corrected chi connectivity index (χ0v) is 9.49. The number of hydrogen-bond donors (Lipinski definition) is 1. The lowest BCUT2D eigenvalue weighted by Crippen LogP contribution is -2.22. The van der Waals surface area contributed by atoms with Crippen LogP contribution in [-0.2, 0) is 4.79 Å². The Balaban J connectivity index is 3.08. The van der Waals surface area contributed by atoms with E-state index in [9.17, 15) is 14.7 Å². The van der Waals surface area contributed by atoms with Crippen LogP contribution in [-0.4, -0.2) is 11.9 Å². The van der Waals surface area contributed by atoms with Crippen LogP contribution in [0.1, 0.15) is 17.3 Å². The van der Waals surface area contributed by atoms with Crippen LogP contribution in [0, 0.1) is 3.57 Å². The van der Waals surface area contributed by atoms with Gasteiger partial charge in [0.2, 0.25) is 5.91 Å². The van der Waals surface area contributed by atoms with E-state index >= 15 is 0 Å². The normalized spacial score (nSPS) is 9.57. The molecule has 14 heavy (non-hydrogen) atoms. The van der Waals surface area contributed by atoms with Crippen LogP contribution < -0.4 is 10.4 Å². The van der Waals surface area contributed by atoms with Gasteiger partial charge in [0.1, 0.15) is 0 Å². The van der Waals surface area contributed by atoms with E-state index in [1.54, 1.807) is 6.07 Å². The second-order valence-corrected chi connectivity index (χ2v) is 3.83. The average molecular weight is 304 g/mol. The molecule has 1 amide bonds. The molecule has 0 bridgehead atoms. The summed E-state index contributed by atoms with van der Waals surface area (Å²) in [5, 5.41) is 13.1. The van der Waals surface area contributed by atoms with Crippen molar-refractivity contribution >= 4 is 40.2 Å². The van der Waals surface area contributed by atoms with E-state index in [1.807, 2.05) is 22.6 Å². The summed E-state index contributed by atoms with van der Waals surface area (Å²) in [6.07, 6.45) is 0. The third-order valence-corrected chi connectivity index (χ3v) is 2.45. The van der Waals surface area contributed by atoms with Crippen LogP contribution in [0.4, 0.5) is 5.69 Å². The minimum Gasteiger partial charge on any atom is -0.545 e. The Morgan fingerprint density at radius 3 is 2.57 bits per heavy atom. The molecule has 1 N–H and O–H groups in total. The van der Waals surface area contributed by atoms with E-state index in [2.05, 4.69) is 5.32 Å². The first-order valence-electron chi connectivity index (χ1n) is 3.79. The van der Waals surface area contributed by atoms with Gasteiger partial charge in [0.15, 0.2) is 0 Å². The Hall–Kier alpha value is -1.11. The Morgan fingerprint density at radius 2 is 2.07 bits per heavy atom. The molecular formula is C9H7INO3-. The van der Waals surface area contributed by atoms with E-state index < -0.39 is 5.97 Å². The maximum atomic E-state index is 10.8. The Morgan fingerprint density at radius 1 is 1.43 bits per heavy atom. The molecule has 0 fully saturated rings. The van der Waals surface area contributed by atoms with Gasteiger partial charge in [-0.2, -0.15) is 0 Å². The van der Waals surface area contributed by atoms with E-state index in [0.717, 1.165) is 3.57 Å². The van der Waals surface area contributed by atoms with Gasteiger partial charge in [0, 0.05) is 10.5 Å². The molecule has 4 nitrogen and oxygen atoms in total. The van der Waals surface area contributed by atoms with Gasteiger partial charge >= 0.3 is 0 Å². The maximum absolute atomic E-state index is 10.8. The Labute approximate surface area is 94.5 Å². The lowest BCUT2D eigenvalue weighted by Gasteiger charge is -2.08. The van der Waals surface area contributed by atoms with Crippen LogP contribution >= 0.6 is 22.6 Å². The first kappa shape index (κ1) is 11.0. The molecule has 0 saturated carbocycles. The van der Waals surface area contributed by atoms with E-state index in [0.29, 0.717) is 5.69 Å². The number of amides is 1. The predicted octanol–water partition coefficient (Wildman–Crippen LogP) is 0.613. The first-order valence-corrected chi connectivity index (χ1v) is 4.87. The SMILES string of the molecule is CC(=O)Nc1cc(C(=O)[O-])ccc1I. The molecule has 74 valence electrons. The highest BCUT2D eigenvalue weighted by Crippen LogP contribution is 2.19. The Kier molecular flexibility index (Phi) is 3.45. The van der Waals surface area contributed by atoms with Gasteiger partial charge in [-0.3, -0.25) is 4.79 Å². The van der Waals surface area contributed by atoms with Crippen LogP contribution in [0.25, 0.3) is 0 Å². The molecule has 1 aromatic carbocycles. The van der Waals surface area contributed by atoms with Crippen LogP contribution in [0.3, 0.4) is 0 Å². The zero-order valence-electron chi connectivity index (χ0n) is 7.33. The number of rotatable bonds is 2. The fraction of sp³-hybridized carbons (Fsp3) is 0.111. The second kappa shape index (κ2) is 4.41. The molecule has 0 saturated heterocycles. The number of carbonyl (C=O) groups is 2. The third kappa shape index (κ3) is 2.69. The van der Waals surface area contributed by atoms with Gasteiger partial charge in [-0.25, -0.2) is 0 Å². The molecule has 0 aromatic heterocycles. The van der Waals surface area contributed by atoms with E-state index in [4.69, 9.17) is 0 Å². The lowest BCUT2D eigenvalue weighted by molar-refractivity contribution is -0.255. The summed E-state index contributed by atoms with van der Waals surface area (Å²) < 4.78 is 0.780. The number of carboxylic acid groups (broad SMARTS) is 1. The molecule has 0 unspecified atom stereocenters. The average Bonchev–Trinajstić information content (AvgIpc) is 2.07. The van der Waals surface area contributed by atoms with Gasteiger partial charge in [0.25, 0.3) is 0 Å². The standard InChI is InChI=1S/C9H8INO3/c1-5(12)11-8-4-6(9(13)14)2-3-7(8)10/h2-4H,1H3,(H,11,12)(H,13,14)/p-1. The second-order valence-electron chi connectivity index (χ2n) is 2.66. The number of carbonyl (C=O) groups excluding carboxylic acids is 2. The van der Waals surface area contributed by atoms with Crippen molar-refractivity contribution in [1.29, 1.82) is 0 Å². The third-order valence-electron chi connectivity index (χ3n) is 1.51. The number of hydrogen-bond acceptors (Lipinski definition) is 3. The highest BCUT2D eigenvalue weighted by Gasteiger charge is 2.03. The van der Waals surface area contributed by atoms with Crippen molar-refractivity contribution in [1.82, 2.24) is 0 Å². The zero-order chi connectivity index (χ0) is 10.7. The summed E-state index contributed by atoms with van der Waals surface area (Å²) in [5.74, 6) is -1.49. The summed E-state index contributed by atoms with van der Waals surface area (Å²) in [4.78, 5) is 21.3. The van der Waals surface area contributed by atoms with Crippen molar-refractivity contribution in [2.75, 3.05) is 5.32 Å². The molecule has 1 aromatic rings. The predicted molar refractivity (Wildman–Crippen MR) is 57.8 cm³/mol. The minimum atomic E-state index is -1.26. The molecule has 0 spiro atoms. The number of halogens is 1. The largest absolute Gasteiger partial charge is 0.545 e. The van der Waals surface area contributed by atoms with Gasteiger partial charge in [-0.1, -0.05) is 6.07 Å². The molecule has 1 rings (SSSR count). The van der Waals surface area contributed by atoms with Crippen molar-refractivity contribution in [3.63, 3.8) is 0 Å². The number of carboxylic acids is 1. The van der Waals surface area contributed by atoms with Gasteiger partial charge in [-0.15, -0.1) is 0 Å². The van der Waals surface area contributed by atoms with E-state index in [-0.39, 0.29) is 11.5 Å². The van der Waals surface area contributed by atoms with Crippen molar-refractivity contribution in [2.45, 2.75) is 6.92 Å². The molecular weight excluding hydrogens is 297 g/mol. The number of benzene rings is 1. The van der Waals surface area contributed by atoms with Crippen LogP contribution in [0.2, 0.25) is 0 Å². The van der Waals surface area contributed by atoms with Crippen LogP contribution in [0.5, 0.6) is 0 Å². The summed E-state index contributed by atoms with van der Waals surface area (Å²) in [5.41, 5.74) is 0.536. The quantitative estimate of drug-likeness (QED) is 0.814. The minimum absolute atomic E-state index is 0.0502. The van der Waals surface area contributed by atoms with Crippen molar-refractivity contribution < 1.29 is 14.7 Å². The smallest absolute Gasteiger partial charge is 0.221 e. The van der Waals surface area contributed by atoms with Crippen molar-refractivity contribution in [3.8, 4) is 0 Å². The van der Waals surface area contributed by atoms with Gasteiger partial charge < -0.3 is 15.2 Å². The van der Waals surface area contributed by atoms with Crippen LogP contribution in [0.15, 0.2) is 18.2 Å². The fourth-order valence-electron chi connectivity index (χ4n) is 0.938. The topological polar surface area (TPSA) is 69.2 Å². The summed E-state index contributed by atoms with van der Waals surface area (Å²) >= 11 is 2.01. The molecule has 0 aliphatic carbocycles. The molecule has 0 aliphatic rings. The summed E-state index contributed by atoms with van der Waals surface area (Å²) in [7, 11) is 0. The molecule has 0 heterocycles. The number of nitrogens with one attached hydrogen (secondary N) is 1. The first-order chi connectivity index (χ1) is 6.50. The monoisotopic (exact) mass is 304 g/mol. The van der Waals surface area contributed by atoms with Gasteiger partial charge in [0.05, 0.1) is 11.7 Å². The van der Waals surface area contributed by atoms with Gasteiger partial charge in [-0.05, 0) is 40.3 Å². The lowest BCUT2D eigenvalue weighted by atomic mass is 10.2. The Bertz CT molecular complexity index is 390. The highest BCUT2D eigenvalue weighted by atomic mass is 127. The number of aromatic carboxylic acids is 1.